The Labute approximate surface area is 95.0 Å². The Morgan fingerprint density at radius 3 is 2.27 bits per heavy atom. The van der Waals surface area contributed by atoms with Crippen molar-refractivity contribution in [3.8, 4) is 0 Å². The Kier molecular flexibility index (Phi) is 3.83. The lowest BCUT2D eigenvalue weighted by Gasteiger charge is -2.38. The zero-order chi connectivity index (χ0) is 11.7. The molecule has 1 saturated carbocycles. The summed E-state index contributed by atoms with van der Waals surface area (Å²) in [6.07, 6.45) is 3.89. The molecule has 90 valence electrons. The number of nitrogens with zero attached hydrogens (tertiary/aromatic N) is 1. The summed E-state index contributed by atoms with van der Waals surface area (Å²) in [6.45, 7) is 9.62. The molecule has 1 aliphatic carbocycles. The molecule has 1 rings (SSSR count). The monoisotopic (exact) mass is 213 g/mol. The summed E-state index contributed by atoms with van der Waals surface area (Å²) < 4.78 is 5.98. The Bertz CT molecular complexity index is 207. The van der Waals surface area contributed by atoms with Crippen LogP contribution in [0.1, 0.15) is 47.0 Å². The molecule has 2 atom stereocenters. The summed E-state index contributed by atoms with van der Waals surface area (Å²) in [5.74, 6) is 0.843. The third kappa shape index (κ3) is 3.46. The van der Waals surface area contributed by atoms with Crippen molar-refractivity contribution in [1.82, 2.24) is 4.90 Å². The van der Waals surface area contributed by atoms with Gasteiger partial charge in [0.15, 0.2) is 0 Å². The third-order valence-corrected chi connectivity index (χ3v) is 3.55. The van der Waals surface area contributed by atoms with E-state index < -0.39 is 0 Å². The fourth-order valence-electron chi connectivity index (χ4n) is 2.39. The predicted molar refractivity (Wildman–Crippen MR) is 65.1 cm³/mol. The smallest absolute Gasteiger partial charge is 0.0657 e. The predicted octanol–water partition coefficient (Wildman–Crippen LogP) is 2.92. The van der Waals surface area contributed by atoms with Gasteiger partial charge < -0.3 is 9.64 Å². The number of rotatable bonds is 3. The minimum Gasteiger partial charge on any atom is -0.374 e. The maximum absolute atomic E-state index is 5.98. The van der Waals surface area contributed by atoms with Gasteiger partial charge in [-0.25, -0.2) is 0 Å². The SMILES string of the molecule is CC1CCC(COC(C)(C)C)(N(C)C)C1. The van der Waals surface area contributed by atoms with Crippen LogP contribution in [0.15, 0.2) is 0 Å². The van der Waals surface area contributed by atoms with Crippen molar-refractivity contribution in [2.75, 3.05) is 20.7 Å². The van der Waals surface area contributed by atoms with Crippen molar-refractivity contribution in [3.05, 3.63) is 0 Å². The van der Waals surface area contributed by atoms with Gasteiger partial charge in [-0.05, 0) is 60.0 Å². The second kappa shape index (κ2) is 4.42. The first-order chi connectivity index (χ1) is 6.75. The van der Waals surface area contributed by atoms with Crippen molar-refractivity contribution in [2.45, 2.75) is 58.1 Å². The lowest BCUT2D eigenvalue weighted by atomic mass is 9.95. The number of hydrogen-bond donors (Lipinski definition) is 0. The summed E-state index contributed by atoms with van der Waals surface area (Å²) in [6, 6.07) is 0. The molecule has 2 unspecified atom stereocenters. The molecule has 0 aromatic carbocycles. The van der Waals surface area contributed by atoms with Crippen LogP contribution in [-0.4, -0.2) is 36.7 Å². The van der Waals surface area contributed by atoms with Gasteiger partial charge in [-0.3, -0.25) is 0 Å². The maximum atomic E-state index is 5.98. The molecule has 0 aromatic rings. The highest BCUT2D eigenvalue weighted by Crippen LogP contribution is 2.38. The summed E-state index contributed by atoms with van der Waals surface area (Å²) in [4.78, 5) is 2.36. The van der Waals surface area contributed by atoms with Crippen molar-refractivity contribution in [1.29, 1.82) is 0 Å². The van der Waals surface area contributed by atoms with Gasteiger partial charge in [-0.2, -0.15) is 0 Å². The van der Waals surface area contributed by atoms with Crippen LogP contribution in [0, 0.1) is 5.92 Å². The second-order valence-corrected chi connectivity index (χ2v) is 6.37. The van der Waals surface area contributed by atoms with Gasteiger partial charge in [0.2, 0.25) is 0 Å². The van der Waals surface area contributed by atoms with Crippen LogP contribution in [0.2, 0.25) is 0 Å². The van der Waals surface area contributed by atoms with Crippen LogP contribution in [0.4, 0.5) is 0 Å². The molecule has 0 spiro atoms. The molecule has 0 N–H and O–H groups in total. The first kappa shape index (κ1) is 13.0. The van der Waals surface area contributed by atoms with Crippen molar-refractivity contribution in [2.24, 2.45) is 5.92 Å². The average molecular weight is 213 g/mol. The van der Waals surface area contributed by atoms with Gasteiger partial charge in [0.05, 0.1) is 12.2 Å². The van der Waals surface area contributed by atoms with Crippen LogP contribution in [0.5, 0.6) is 0 Å². The van der Waals surface area contributed by atoms with Gasteiger partial charge in [-0.1, -0.05) is 6.92 Å². The zero-order valence-corrected chi connectivity index (χ0v) is 11.3. The van der Waals surface area contributed by atoms with Gasteiger partial charge in [-0.15, -0.1) is 0 Å². The van der Waals surface area contributed by atoms with E-state index in [0.717, 1.165) is 12.5 Å². The second-order valence-electron chi connectivity index (χ2n) is 6.37. The minimum atomic E-state index is -0.0190. The Morgan fingerprint density at radius 1 is 1.33 bits per heavy atom. The van der Waals surface area contributed by atoms with E-state index in [-0.39, 0.29) is 11.1 Å². The van der Waals surface area contributed by atoms with Crippen molar-refractivity contribution in [3.63, 3.8) is 0 Å². The van der Waals surface area contributed by atoms with Crippen LogP contribution in [-0.2, 0) is 4.74 Å². The molecule has 2 nitrogen and oxygen atoms in total. The number of likely N-dealkylation sites (N-methyl/N-ethyl adjacent to an activating group) is 1. The Balaban J connectivity index is 2.60. The molecular weight excluding hydrogens is 186 g/mol. The fourth-order valence-corrected chi connectivity index (χ4v) is 2.39. The summed E-state index contributed by atoms with van der Waals surface area (Å²) in [5, 5.41) is 0. The van der Waals surface area contributed by atoms with Crippen LogP contribution < -0.4 is 0 Å². The Morgan fingerprint density at radius 2 is 1.93 bits per heavy atom. The standard InChI is InChI=1S/C13H27NO/c1-11-7-8-13(9-11,14(5)6)10-15-12(2,3)4/h11H,7-10H2,1-6H3. The van der Waals surface area contributed by atoms with Gasteiger partial charge in [0.25, 0.3) is 0 Å². The quantitative estimate of drug-likeness (QED) is 0.714. The largest absolute Gasteiger partial charge is 0.374 e. The topological polar surface area (TPSA) is 12.5 Å². The minimum absolute atomic E-state index is 0.0190. The van der Waals surface area contributed by atoms with Crippen molar-refractivity contribution >= 4 is 0 Å². The lowest BCUT2D eigenvalue weighted by molar-refractivity contribution is -0.0613. The molecular formula is C13H27NO. The number of hydrogen-bond acceptors (Lipinski definition) is 2. The van der Waals surface area contributed by atoms with Crippen LogP contribution >= 0.6 is 0 Å². The van der Waals surface area contributed by atoms with E-state index in [1.165, 1.54) is 19.3 Å². The molecule has 2 heteroatoms. The van der Waals surface area contributed by atoms with Gasteiger partial charge in [0, 0.05) is 5.54 Å². The van der Waals surface area contributed by atoms with E-state index in [1.807, 2.05) is 0 Å². The number of ether oxygens (including phenoxy) is 1. The molecule has 0 saturated heterocycles. The maximum Gasteiger partial charge on any atom is 0.0657 e. The average Bonchev–Trinajstić information content (AvgIpc) is 2.44. The molecule has 0 radical (unpaired) electrons. The Hall–Kier alpha value is -0.0800. The third-order valence-electron chi connectivity index (χ3n) is 3.55. The lowest BCUT2D eigenvalue weighted by Crippen LogP contribution is -2.47. The highest BCUT2D eigenvalue weighted by molar-refractivity contribution is 4.95. The van der Waals surface area contributed by atoms with Gasteiger partial charge >= 0.3 is 0 Å². The summed E-state index contributed by atoms with van der Waals surface area (Å²) >= 11 is 0. The highest BCUT2D eigenvalue weighted by atomic mass is 16.5. The first-order valence-electron chi connectivity index (χ1n) is 6.07. The molecule has 0 amide bonds. The highest BCUT2D eigenvalue weighted by Gasteiger charge is 2.40. The van der Waals surface area contributed by atoms with E-state index in [4.69, 9.17) is 4.74 Å². The molecule has 0 heterocycles. The fraction of sp³-hybridized carbons (Fsp3) is 1.00. The van der Waals surface area contributed by atoms with Crippen LogP contribution in [0.25, 0.3) is 0 Å². The zero-order valence-electron chi connectivity index (χ0n) is 11.3. The summed E-state index contributed by atoms with van der Waals surface area (Å²) in [7, 11) is 4.37. The molecule has 15 heavy (non-hydrogen) atoms. The summed E-state index contributed by atoms with van der Waals surface area (Å²) in [5.41, 5.74) is 0.265. The molecule has 0 aliphatic heterocycles. The molecule has 1 fully saturated rings. The van der Waals surface area contributed by atoms with E-state index in [2.05, 4.69) is 46.7 Å². The normalized spacial score (nSPS) is 32.6. The molecule has 0 aromatic heterocycles. The first-order valence-corrected chi connectivity index (χ1v) is 6.07. The molecule has 1 aliphatic rings. The van der Waals surface area contributed by atoms with Gasteiger partial charge in [0.1, 0.15) is 0 Å². The molecule has 0 bridgehead atoms. The van der Waals surface area contributed by atoms with E-state index in [0.29, 0.717) is 0 Å². The van der Waals surface area contributed by atoms with E-state index in [1.54, 1.807) is 0 Å². The van der Waals surface area contributed by atoms with E-state index >= 15 is 0 Å². The van der Waals surface area contributed by atoms with Crippen molar-refractivity contribution < 1.29 is 4.74 Å². The van der Waals surface area contributed by atoms with Crippen LogP contribution in [0.3, 0.4) is 0 Å². The van der Waals surface area contributed by atoms with E-state index in [9.17, 15) is 0 Å².